The van der Waals surface area contributed by atoms with Crippen LogP contribution in [0.4, 0.5) is 10.1 Å². The van der Waals surface area contributed by atoms with Crippen molar-refractivity contribution in [3.05, 3.63) is 53.8 Å². The van der Waals surface area contributed by atoms with Crippen molar-refractivity contribution in [2.24, 2.45) is 0 Å². The van der Waals surface area contributed by atoms with Crippen LogP contribution in [0.1, 0.15) is 18.4 Å². The number of benzene rings is 2. The summed E-state index contributed by atoms with van der Waals surface area (Å²) in [6.07, 6.45) is 2.47. The molecule has 2 aliphatic rings. The molecule has 2 aromatic carbocycles. The highest BCUT2D eigenvalue weighted by molar-refractivity contribution is 5.76. The lowest BCUT2D eigenvalue weighted by Gasteiger charge is -2.44. The van der Waals surface area contributed by atoms with E-state index in [1.807, 2.05) is 24.3 Å². The van der Waals surface area contributed by atoms with E-state index in [0.29, 0.717) is 6.04 Å². The first-order chi connectivity index (χ1) is 14.3. The number of aromatic nitrogens is 2. The third-order valence-electron chi connectivity index (χ3n) is 6.27. The van der Waals surface area contributed by atoms with Gasteiger partial charge in [0, 0.05) is 51.0 Å². The molecule has 0 radical (unpaired) electrons. The quantitative estimate of drug-likeness (QED) is 0.676. The van der Waals surface area contributed by atoms with Gasteiger partial charge in [-0.15, -0.1) is 0 Å². The normalized spacial score (nSPS) is 21.7. The second-order valence-electron chi connectivity index (χ2n) is 8.08. The molecule has 1 atom stereocenters. The van der Waals surface area contributed by atoms with Crippen LogP contribution in [0.5, 0.6) is 0 Å². The molecule has 1 aromatic heterocycles. The van der Waals surface area contributed by atoms with Crippen molar-refractivity contribution in [3.63, 3.8) is 0 Å². The highest BCUT2D eigenvalue weighted by Gasteiger charge is 2.28. The number of nitrogens with zero attached hydrogens (tertiary/aromatic N) is 5. The van der Waals surface area contributed by atoms with E-state index in [2.05, 4.69) is 31.1 Å². The predicted octanol–water partition coefficient (Wildman–Crippen LogP) is 3.15. The Labute approximate surface area is 169 Å². The summed E-state index contributed by atoms with van der Waals surface area (Å²) in [7, 11) is 0. The van der Waals surface area contributed by atoms with E-state index >= 15 is 0 Å². The molecule has 0 bridgehead atoms. The first-order valence-corrected chi connectivity index (χ1v) is 10.4. The lowest BCUT2D eigenvalue weighted by atomic mass is 10.0. The number of hydrogen-bond acceptors (Lipinski definition) is 6. The number of likely N-dealkylation sites (tertiary alicyclic amines) is 1. The van der Waals surface area contributed by atoms with Gasteiger partial charge in [-0.05, 0) is 65.6 Å². The second kappa shape index (κ2) is 8.08. The number of halogens is 1. The van der Waals surface area contributed by atoms with Gasteiger partial charge < -0.3 is 4.90 Å². The average Bonchev–Trinajstić information content (AvgIpc) is 3.25. The van der Waals surface area contributed by atoms with Gasteiger partial charge in [-0.25, -0.2) is 9.02 Å². The monoisotopic (exact) mass is 395 g/mol. The third-order valence-corrected chi connectivity index (χ3v) is 6.27. The van der Waals surface area contributed by atoms with E-state index < -0.39 is 0 Å². The molecule has 2 aliphatic heterocycles. The minimum absolute atomic E-state index is 0.174. The molecule has 0 saturated carbocycles. The van der Waals surface area contributed by atoms with Gasteiger partial charge in [0.1, 0.15) is 16.9 Å². The van der Waals surface area contributed by atoms with E-state index in [1.165, 1.54) is 18.4 Å². The Morgan fingerprint density at radius 1 is 0.966 bits per heavy atom. The van der Waals surface area contributed by atoms with Gasteiger partial charge in [-0.1, -0.05) is 12.1 Å². The van der Waals surface area contributed by atoms with E-state index in [1.54, 1.807) is 12.1 Å². The molecule has 0 aliphatic carbocycles. The van der Waals surface area contributed by atoms with Crippen LogP contribution in [0.2, 0.25) is 0 Å². The summed E-state index contributed by atoms with van der Waals surface area (Å²) in [5.41, 5.74) is 4.01. The van der Waals surface area contributed by atoms with Crippen molar-refractivity contribution in [2.45, 2.75) is 25.4 Å². The molecular weight excluding hydrogens is 369 g/mol. The number of hydrogen-bond donors (Lipinski definition) is 0. The van der Waals surface area contributed by atoms with Crippen molar-refractivity contribution < 1.29 is 9.02 Å². The Balaban J connectivity index is 1.19. The lowest BCUT2D eigenvalue weighted by Crippen LogP contribution is -2.55. The lowest BCUT2D eigenvalue weighted by molar-refractivity contribution is 0.0889. The van der Waals surface area contributed by atoms with E-state index in [-0.39, 0.29) is 5.82 Å². The Hall–Kier alpha value is -2.51. The third kappa shape index (κ3) is 3.97. The molecule has 2 saturated heterocycles. The van der Waals surface area contributed by atoms with Crippen LogP contribution < -0.4 is 4.90 Å². The highest BCUT2D eigenvalue weighted by Crippen LogP contribution is 2.23. The largest absolute Gasteiger partial charge is 0.369 e. The zero-order chi connectivity index (χ0) is 19.6. The first-order valence-electron chi connectivity index (χ1n) is 10.4. The maximum absolute atomic E-state index is 13.2. The molecule has 2 fully saturated rings. The molecule has 0 spiro atoms. The molecule has 0 unspecified atom stereocenters. The minimum atomic E-state index is -0.174. The van der Waals surface area contributed by atoms with Gasteiger partial charge in [0.05, 0.1) is 0 Å². The van der Waals surface area contributed by atoms with Gasteiger partial charge in [0.25, 0.3) is 0 Å². The zero-order valence-electron chi connectivity index (χ0n) is 16.5. The maximum Gasteiger partial charge on any atom is 0.139 e. The standard InChI is InChI=1S/C22H26FN5O/c23-18-6-8-19(9-7-18)27-11-13-28(14-12-27)20-4-2-10-26(16-20)15-17-3-1-5-21-22(17)25-29-24-21/h1,3,5-9,20H,2,4,10-16H2/t20-/m0/s1. The molecule has 152 valence electrons. The number of fused-ring (bicyclic) bond motifs is 1. The van der Waals surface area contributed by atoms with Crippen LogP contribution in [0.15, 0.2) is 47.1 Å². The van der Waals surface area contributed by atoms with Crippen molar-refractivity contribution in [1.82, 2.24) is 20.1 Å². The second-order valence-corrected chi connectivity index (χ2v) is 8.08. The summed E-state index contributed by atoms with van der Waals surface area (Å²) in [5, 5.41) is 8.04. The van der Waals surface area contributed by atoms with Gasteiger partial charge in [0.15, 0.2) is 0 Å². The van der Waals surface area contributed by atoms with Crippen molar-refractivity contribution in [2.75, 3.05) is 44.2 Å². The van der Waals surface area contributed by atoms with E-state index in [0.717, 1.165) is 62.5 Å². The summed E-state index contributed by atoms with van der Waals surface area (Å²) >= 11 is 0. The van der Waals surface area contributed by atoms with Crippen LogP contribution >= 0.6 is 0 Å². The number of rotatable bonds is 4. The topological polar surface area (TPSA) is 48.6 Å². The van der Waals surface area contributed by atoms with Crippen LogP contribution in [0.3, 0.4) is 0 Å². The van der Waals surface area contributed by atoms with Crippen molar-refractivity contribution >= 4 is 16.7 Å². The van der Waals surface area contributed by atoms with Crippen LogP contribution in [-0.2, 0) is 6.54 Å². The maximum atomic E-state index is 13.2. The minimum Gasteiger partial charge on any atom is -0.369 e. The summed E-state index contributed by atoms with van der Waals surface area (Å²) in [6.45, 7) is 7.18. The zero-order valence-corrected chi connectivity index (χ0v) is 16.5. The molecular formula is C22H26FN5O. The predicted molar refractivity (Wildman–Crippen MR) is 110 cm³/mol. The summed E-state index contributed by atoms with van der Waals surface area (Å²) < 4.78 is 18.1. The van der Waals surface area contributed by atoms with Crippen LogP contribution in [0.25, 0.3) is 11.0 Å². The van der Waals surface area contributed by atoms with Gasteiger partial charge in [-0.2, -0.15) is 0 Å². The molecule has 5 rings (SSSR count). The number of piperidine rings is 1. The van der Waals surface area contributed by atoms with E-state index in [9.17, 15) is 4.39 Å². The van der Waals surface area contributed by atoms with Gasteiger partial charge in [-0.3, -0.25) is 9.80 Å². The fraction of sp³-hybridized carbons (Fsp3) is 0.455. The fourth-order valence-corrected chi connectivity index (χ4v) is 4.70. The Morgan fingerprint density at radius 3 is 2.62 bits per heavy atom. The van der Waals surface area contributed by atoms with E-state index in [4.69, 9.17) is 4.63 Å². The number of anilines is 1. The molecule has 0 N–H and O–H groups in total. The van der Waals surface area contributed by atoms with Gasteiger partial charge in [0.2, 0.25) is 0 Å². The average molecular weight is 395 g/mol. The molecule has 3 heterocycles. The Morgan fingerprint density at radius 2 is 1.79 bits per heavy atom. The van der Waals surface area contributed by atoms with Crippen molar-refractivity contribution in [3.8, 4) is 0 Å². The fourth-order valence-electron chi connectivity index (χ4n) is 4.70. The summed E-state index contributed by atoms with van der Waals surface area (Å²) in [6, 6.07) is 13.5. The summed E-state index contributed by atoms with van der Waals surface area (Å²) in [5.74, 6) is -0.174. The molecule has 6 nitrogen and oxygen atoms in total. The molecule has 7 heteroatoms. The van der Waals surface area contributed by atoms with Gasteiger partial charge >= 0.3 is 0 Å². The van der Waals surface area contributed by atoms with Crippen LogP contribution in [0, 0.1) is 5.82 Å². The smallest absolute Gasteiger partial charge is 0.139 e. The molecule has 3 aromatic rings. The molecule has 29 heavy (non-hydrogen) atoms. The molecule has 0 amide bonds. The Kier molecular flexibility index (Phi) is 5.16. The van der Waals surface area contributed by atoms with Crippen LogP contribution in [-0.4, -0.2) is 65.4 Å². The van der Waals surface area contributed by atoms with Crippen molar-refractivity contribution in [1.29, 1.82) is 0 Å². The summed E-state index contributed by atoms with van der Waals surface area (Å²) in [4.78, 5) is 7.52. The number of piperazine rings is 1. The first kappa shape index (κ1) is 18.5. The SMILES string of the molecule is Fc1ccc(N2CCN([C@H]3CCCN(Cc4cccc5nonc45)C3)CC2)cc1. The Bertz CT molecular complexity index is 951. The highest BCUT2D eigenvalue weighted by atomic mass is 19.1.